The third kappa shape index (κ3) is 4.14. The Bertz CT molecular complexity index is 631. The molecule has 0 amide bonds. The summed E-state index contributed by atoms with van der Waals surface area (Å²) in [5.41, 5.74) is 0.757. The van der Waals surface area contributed by atoms with Crippen molar-refractivity contribution < 1.29 is 4.39 Å². The molecule has 4 nitrogen and oxygen atoms in total. The maximum Gasteiger partial charge on any atom is 0.136 e. The molecule has 0 aliphatic rings. The third-order valence-electron chi connectivity index (χ3n) is 2.81. The van der Waals surface area contributed by atoms with Crippen LogP contribution in [-0.4, -0.2) is 16.5 Å². The van der Waals surface area contributed by atoms with Gasteiger partial charge in [0.25, 0.3) is 0 Å². The molecule has 0 aliphatic carbocycles. The first-order valence-corrected chi connectivity index (χ1v) is 7.63. The van der Waals surface area contributed by atoms with Crippen LogP contribution in [0.3, 0.4) is 0 Å². The average molecular weight is 353 g/mol. The van der Waals surface area contributed by atoms with Crippen molar-refractivity contribution >= 4 is 33.3 Å². The normalized spacial score (nSPS) is 10.8. The average Bonchev–Trinajstić information content (AvgIpc) is 2.42. The fourth-order valence-electron chi connectivity index (χ4n) is 1.79. The molecule has 0 radical (unpaired) electrons. The van der Waals surface area contributed by atoms with Crippen molar-refractivity contribution in [2.24, 2.45) is 0 Å². The molecule has 21 heavy (non-hydrogen) atoms. The first-order chi connectivity index (χ1) is 9.99. The lowest BCUT2D eigenvalue weighted by atomic mass is 10.2. The van der Waals surface area contributed by atoms with Gasteiger partial charge < -0.3 is 10.6 Å². The molecule has 0 saturated carbocycles. The second-order valence-corrected chi connectivity index (χ2v) is 5.79. The molecule has 0 unspecified atom stereocenters. The second kappa shape index (κ2) is 6.85. The van der Waals surface area contributed by atoms with Gasteiger partial charge in [-0.15, -0.1) is 0 Å². The smallest absolute Gasteiger partial charge is 0.136 e. The predicted molar refractivity (Wildman–Crippen MR) is 87.7 cm³/mol. The lowest BCUT2D eigenvalue weighted by Crippen LogP contribution is -2.07. The van der Waals surface area contributed by atoms with Crippen LogP contribution in [0.4, 0.5) is 21.7 Å². The van der Waals surface area contributed by atoms with Crippen LogP contribution < -0.4 is 10.6 Å². The van der Waals surface area contributed by atoms with Gasteiger partial charge in [0.2, 0.25) is 0 Å². The Balaban J connectivity index is 2.33. The first kappa shape index (κ1) is 15.7. The van der Waals surface area contributed by atoms with E-state index in [0.717, 1.165) is 23.9 Å². The fraction of sp³-hybridized carbons (Fsp3) is 0.333. The van der Waals surface area contributed by atoms with E-state index in [9.17, 15) is 4.39 Å². The molecule has 112 valence electrons. The Labute approximate surface area is 132 Å². The van der Waals surface area contributed by atoms with Crippen molar-refractivity contribution in [2.75, 3.05) is 17.2 Å². The Morgan fingerprint density at radius 1 is 1.19 bits per heavy atom. The van der Waals surface area contributed by atoms with E-state index >= 15 is 0 Å². The highest BCUT2D eigenvalue weighted by Gasteiger charge is 2.09. The number of hydrogen-bond acceptors (Lipinski definition) is 4. The van der Waals surface area contributed by atoms with Crippen LogP contribution >= 0.6 is 15.9 Å². The van der Waals surface area contributed by atoms with Gasteiger partial charge in [-0.1, -0.05) is 13.8 Å². The lowest BCUT2D eigenvalue weighted by Gasteiger charge is -2.13. The zero-order valence-corrected chi connectivity index (χ0v) is 13.8. The van der Waals surface area contributed by atoms with Gasteiger partial charge in [0.1, 0.15) is 23.3 Å². The van der Waals surface area contributed by atoms with E-state index in [-0.39, 0.29) is 11.7 Å². The van der Waals surface area contributed by atoms with Crippen LogP contribution in [0.1, 0.15) is 32.5 Å². The predicted octanol–water partition coefficient (Wildman–Crippen LogP) is 4.68. The molecular formula is C15H18BrFN4. The topological polar surface area (TPSA) is 49.8 Å². The third-order valence-corrected chi connectivity index (χ3v) is 3.47. The van der Waals surface area contributed by atoms with Crippen molar-refractivity contribution in [3.63, 3.8) is 0 Å². The van der Waals surface area contributed by atoms with Gasteiger partial charge in [0, 0.05) is 23.0 Å². The highest BCUT2D eigenvalue weighted by atomic mass is 79.9. The zero-order valence-electron chi connectivity index (χ0n) is 12.2. The Morgan fingerprint density at radius 3 is 2.52 bits per heavy atom. The minimum absolute atomic E-state index is 0.223. The molecule has 0 fully saturated rings. The Morgan fingerprint density at radius 2 is 1.90 bits per heavy atom. The number of rotatable bonds is 5. The molecule has 1 aromatic carbocycles. The van der Waals surface area contributed by atoms with Crippen LogP contribution in [0.5, 0.6) is 0 Å². The quantitative estimate of drug-likeness (QED) is 0.820. The number of nitrogens with zero attached hydrogens (tertiary/aromatic N) is 2. The maximum absolute atomic E-state index is 13.1. The van der Waals surface area contributed by atoms with Crippen molar-refractivity contribution in [3.8, 4) is 0 Å². The van der Waals surface area contributed by atoms with Crippen LogP contribution in [0.15, 0.2) is 28.7 Å². The Kier molecular flexibility index (Phi) is 5.12. The SMILES string of the molecule is CCNc1cc(Nc2ccc(F)cc2Br)nc(C(C)C)n1. The minimum Gasteiger partial charge on any atom is -0.370 e. The van der Waals surface area contributed by atoms with E-state index in [2.05, 4.69) is 36.5 Å². The monoisotopic (exact) mass is 352 g/mol. The van der Waals surface area contributed by atoms with Crippen molar-refractivity contribution in [2.45, 2.75) is 26.7 Å². The molecule has 0 spiro atoms. The highest BCUT2D eigenvalue weighted by molar-refractivity contribution is 9.10. The number of hydrogen-bond donors (Lipinski definition) is 2. The summed E-state index contributed by atoms with van der Waals surface area (Å²) in [7, 11) is 0. The van der Waals surface area contributed by atoms with E-state index in [1.54, 1.807) is 6.07 Å². The van der Waals surface area contributed by atoms with E-state index in [0.29, 0.717) is 10.3 Å². The molecular weight excluding hydrogens is 335 g/mol. The lowest BCUT2D eigenvalue weighted by molar-refractivity contribution is 0.627. The van der Waals surface area contributed by atoms with E-state index in [4.69, 9.17) is 0 Å². The van der Waals surface area contributed by atoms with Crippen LogP contribution in [0.2, 0.25) is 0 Å². The summed E-state index contributed by atoms with van der Waals surface area (Å²) in [5, 5.41) is 6.38. The van der Waals surface area contributed by atoms with Gasteiger partial charge >= 0.3 is 0 Å². The summed E-state index contributed by atoms with van der Waals surface area (Å²) >= 11 is 3.34. The van der Waals surface area contributed by atoms with Crippen molar-refractivity contribution in [1.82, 2.24) is 9.97 Å². The van der Waals surface area contributed by atoms with Gasteiger partial charge in [0.15, 0.2) is 0 Å². The Hall–Kier alpha value is -1.69. The highest BCUT2D eigenvalue weighted by Crippen LogP contribution is 2.27. The van der Waals surface area contributed by atoms with E-state index in [1.807, 2.05) is 26.8 Å². The molecule has 0 saturated heterocycles. The van der Waals surface area contributed by atoms with Crippen molar-refractivity contribution in [3.05, 3.63) is 40.4 Å². The maximum atomic E-state index is 13.1. The number of nitrogens with one attached hydrogen (secondary N) is 2. The summed E-state index contributed by atoms with van der Waals surface area (Å²) in [4.78, 5) is 8.96. The van der Waals surface area contributed by atoms with Crippen LogP contribution in [0, 0.1) is 5.82 Å². The van der Waals surface area contributed by atoms with Gasteiger partial charge in [-0.2, -0.15) is 0 Å². The summed E-state index contributed by atoms with van der Waals surface area (Å²) < 4.78 is 13.8. The molecule has 0 aliphatic heterocycles. The number of anilines is 3. The fourth-order valence-corrected chi connectivity index (χ4v) is 2.24. The molecule has 1 aromatic heterocycles. The second-order valence-electron chi connectivity index (χ2n) is 4.93. The first-order valence-electron chi connectivity index (χ1n) is 6.84. The zero-order chi connectivity index (χ0) is 15.4. The van der Waals surface area contributed by atoms with Gasteiger partial charge in [-0.05, 0) is 41.1 Å². The number of halogens is 2. The summed E-state index contributed by atoms with van der Waals surface area (Å²) in [6, 6.07) is 6.33. The molecule has 0 bridgehead atoms. The molecule has 0 atom stereocenters. The molecule has 1 heterocycles. The molecule has 6 heteroatoms. The molecule has 2 N–H and O–H groups in total. The summed E-state index contributed by atoms with van der Waals surface area (Å²) in [6.45, 7) is 6.89. The number of aromatic nitrogens is 2. The summed E-state index contributed by atoms with van der Waals surface area (Å²) in [6.07, 6.45) is 0. The van der Waals surface area contributed by atoms with Crippen molar-refractivity contribution in [1.29, 1.82) is 0 Å². The largest absolute Gasteiger partial charge is 0.370 e. The van der Waals surface area contributed by atoms with Gasteiger partial charge in [-0.25, -0.2) is 14.4 Å². The van der Waals surface area contributed by atoms with Gasteiger partial charge in [-0.3, -0.25) is 0 Å². The molecule has 2 rings (SSSR count). The van der Waals surface area contributed by atoms with E-state index in [1.165, 1.54) is 12.1 Å². The number of benzene rings is 1. The summed E-state index contributed by atoms with van der Waals surface area (Å²) in [5.74, 6) is 2.15. The molecule has 2 aromatic rings. The van der Waals surface area contributed by atoms with E-state index < -0.39 is 0 Å². The van der Waals surface area contributed by atoms with Crippen LogP contribution in [0.25, 0.3) is 0 Å². The van der Waals surface area contributed by atoms with Gasteiger partial charge in [0.05, 0.1) is 5.69 Å². The minimum atomic E-state index is -0.286. The van der Waals surface area contributed by atoms with Crippen LogP contribution in [-0.2, 0) is 0 Å². The standard InChI is InChI=1S/C15H18BrFN4/c1-4-18-13-8-14(21-15(20-13)9(2)3)19-12-6-5-10(17)7-11(12)16/h5-9H,4H2,1-3H3,(H2,18,19,20,21).